The summed E-state index contributed by atoms with van der Waals surface area (Å²) in [4.78, 5) is 37.2. The largest absolute Gasteiger partial charge is 0.444 e. The van der Waals surface area contributed by atoms with E-state index in [1.54, 1.807) is 38.1 Å². The van der Waals surface area contributed by atoms with Crippen molar-refractivity contribution in [2.45, 2.75) is 45.4 Å². The third-order valence-electron chi connectivity index (χ3n) is 6.20. The molecule has 5 rings (SSSR count). The van der Waals surface area contributed by atoms with E-state index in [0.29, 0.717) is 13.1 Å². The molecule has 0 aliphatic carbocycles. The van der Waals surface area contributed by atoms with Gasteiger partial charge in [0.05, 0.1) is 17.9 Å². The number of alkyl carbamates (subject to hydrolysis) is 1. The van der Waals surface area contributed by atoms with Crippen molar-refractivity contribution in [1.29, 1.82) is 0 Å². The van der Waals surface area contributed by atoms with Gasteiger partial charge in [0.25, 0.3) is 0 Å². The number of benzene rings is 1. The van der Waals surface area contributed by atoms with E-state index in [2.05, 4.69) is 20.2 Å². The van der Waals surface area contributed by atoms with Crippen LogP contribution in [-0.4, -0.2) is 56.8 Å². The van der Waals surface area contributed by atoms with Gasteiger partial charge in [0.1, 0.15) is 11.4 Å². The number of aromatic nitrogens is 4. The van der Waals surface area contributed by atoms with E-state index in [4.69, 9.17) is 9.84 Å². The Morgan fingerprint density at radius 2 is 1.92 bits per heavy atom. The lowest BCUT2D eigenvalue weighted by atomic mass is 10.1. The van der Waals surface area contributed by atoms with Gasteiger partial charge in [-0.25, -0.2) is 14.3 Å². The molecule has 1 fully saturated rings. The fraction of sp³-hybridized carbons (Fsp3) is 0.321. The number of hydrogen-bond acceptors (Lipinski definition) is 7. The highest BCUT2D eigenvalue weighted by molar-refractivity contribution is 5.96. The summed E-state index contributed by atoms with van der Waals surface area (Å²) in [5.74, 6) is 0.764. The summed E-state index contributed by atoms with van der Waals surface area (Å²) >= 11 is 0. The molecule has 4 aromatic rings. The molecule has 1 saturated heterocycles. The van der Waals surface area contributed by atoms with Gasteiger partial charge in [0, 0.05) is 50.2 Å². The summed E-state index contributed by atoms with van der Waals surface area (Å²) in [5.41, 5.74) is 3.79. The number of hydrogen-bond donors (Lipinski definition) is 1. The summed E-state index contributed by atoms with van der Waals surface area (Å²) in [6, 6.07) is 15.3. The second-order valence-electron chi connectivity index (χ2n) is 10.4. The highest BCUT2D eigenvalue weighted by Gasteiger charge is 2.32. The summed E-state index contributed by atoms with van der Waals surface area (Å²) < 4.78 is 7.15. The number of pyridine rings is 1. The smallest absolute Gasteiger partial charge is 0.407 e. The maximum atomic E-state index is 12.7. The Labute approximate surface area is 221 Å². The van der Waals surface area contributed by atoms with Crippen LogP contribution in [0.15, 0.2) is 67.1 Å². The van der Waals surface area contributed by atoms with Gasteiger partial charge in [-0.15, -0.1) is 5.10 Å². The van der Waals surface area contributed by atoms with Crippen molar-refractivity contribution in [3.63, 3.8) is 0 Å². The fourth-order valence-electron chi connectivity index (χ4n) is 4.45. The van der Waals surface area contributed by atoms with Gasteiger partial charge in [0.2, 0.25) is 5.91 Å². The summed E-state index contributed by atoms with van der Waals surface area (Å²) in [6.45, 7) is 6.49. The van der Waals surface area contributed by atoms with Crippen molar-refractivity contribution < 1.29 is 14.3 Å². The predicted octanol–water partition coefficient (Wildman–Crippen LogP) is 4.06. The number of fused-ring (bicyclic) bond motifs is 1. The van der Waals surface area contributed by atoms with E-state index in [9.17, 15) is 9.59 Å². The zero-order chi connectivity index (χ0) is 26.9. The molecule has 4 heterocycles. The Morgan fingerprint density at radius 3 is 2.63 bits per heavy atom. The molecule has 0 spiro atoms. The molecule has 196 valence electrons. The van der Waals surface area contributed by atoms with Crippen molar-refractivity contribution in [3.05, 3.63) is 72.7 Å². The molecule has 0 bridgehead atoms. The van der Waals surface area contributed by atoms with Gasteiger partial charge in [-0.1, -0.05) is 18.2 Å². The van der Waals surface area contributed by atoms with E-state index in [1.165, 1.54) is 0 Å². The van der Waals surface area contributed by atoms with Crippen molar-refractivity contribution in [2.75, 3.05) is 23.4 Å². The first-order valence-electron chi connectivity index (χ1n) is 12.5. The number of nitrogens with zero attached hydrogens (tertiary/aromatic N) is 6. The summed E-state index contributed by atoms with van der Waals surface area (Å²) in [6.07, 6.45) is 5.12. The monoisotopic (exact) mass is 513 g/mol. The molecule has 1 N–H and O–H groups in total. The molecule has 1 aliphatic heterocycles. The Morgan fingerprint density at radius 1 is 1.13 bits per heavy atom. The molecule has 0 saturated carbocycles. The second-order valence-corrected chi connectivity index (χ2v) is 10.4. The van der Waals surface area contributed by atoms with Crippen molar-refractivity contribution in [1.82, 2.24) is 24.9 Å². The lowest BCUT2D eigenvalue weighted by Crippen LogP contribution is -2.40. The van der Waals surface area contributed by atoms with Crippen LogP contribution in [0.1, 0.15) is 32.8 Å². The fourth-order valence-corrected chi connectivity index (χ4v) is 4.45. The van der Waals surface area contributed by atoms with Crippen LogP contribution in [-0.2, 0) is 16.1 Å². The number of nitrogens with one attached hydrogen (secondary N) is 1. The molecule has 1 aliphatic rings. The number of anilines is 2. The molecular formula is C28H31N7O3. The lowest BCUT2D eigenvalue weighted by molar-refractivity contribution is -0.117. The number of carbonyl (C=O) groups is 2. The van der Waals surface area contributed by atoms with Crippen LogP contribution in [0.3, 0.4) is 0 Å². The van der Waals surface area contributed by atoms with Crippen LogP contribution in [0.4, 0.5) is 16.3 Å². The van der Waals surface area contributed by atoms with Crippen LogP contribution in [0, 0.1) is 0 Å². The molecule has 3 aromatic heterocycles. The van der Waals surface area contributed by atoms with E-state index < -0.39 is 11.7 Å². The molecule has 1 aromatic carbocycles. The first-order valence-corrected chi connectivity index (χ1v) is 12.5. The molecule has 0 radical (unpaired) electrons. The first-order chi connectivity index (χ1) is 18.2. The molecule has 0 unspecified atom stereocenters. The number of ether oxygens (including phenoxy) is 1. The number of imidazole rings is 1. The Bertz CT molecular complexity index is 1450. The topological polar surface area (TPSA) is 105 Å². The Kier molecular flexibility index (Phi) is 6.71. The minimum absolute atomic E-state index is 0.0448. The molecule has 10 heteroatoms. The minimum Gasteiger partial charge on any atom is -0.444 e. The van der Waals surface area contributed by atoms with Crippen molar-refractivity contribution in [3.8, 4) is 11.3 Å². The quantitative estimate of drug-likeness (QED) is 0.415. The van der Waals surface area contributed by atoms with Gasteiger partial charge in [0.15, 0.2) is 5.65 Å². The Balaban J connectivity index is 1.30. The van der Waals surface area contributed by atoms with Gasteiger partial charge in [-0.3, -0.25) is 9.78 Å². The SMILES string of the molecule is CN(Cc1cccnc1)c1ccc2ncc(-c3ccc(N4C[C@@H](NC(=O)OC(C)(C)C)CC4=O)cc3)n2n1. The van der Waals surface area contributed by atoms with Gasteiger partial charge >= 0.3 is 6.09 Å². The maximum absolute atomic E-state index is 12.7. The van der Waals surface area contributed by atoms with E-state index in [0.717, 1.165) is 34.0 Å². The maximum Gasteiger partial charge on any atom is 0.407 e. The summed E-state index contributed by atoms with van der Waals surface area (Å²) in [5, 5.41) is 7.62. The van der Waals surface area contributed by atoms with E-state index >= 15 is 0 Å². The third kappa shape index (κ3) is 5.59. The number of rotatable bonds is 6. The first kappa shape index (κ1) is 25.2. The molecular weight excluding hydrogens is 482 g/mol. The number of carbonyl (C=O) groups excluding carboxylic acids is 2. The van der Waals surface area contributed by atoms with E-state index in [-0.39, 0.29) is 18.4 Å². The predicted molar refractivity (Wildman–Crippen MR) is 145 cm³/mol. The molecule has 2 amide bonds. The van der Waals surface area contributed by atoms with Crippen molar-refractivity contribution in [2.24, 2.45) is 0 Å². The third-order valence-corrected chi connectivity index (χ3v) is 6.20. The zero-order valence-corrected chi connectivity index (χ0v) is 22.0. The van der Waals surface area contributed by atoms with E-state index in [1.807, 2.05) is 66.3 Å². The average molecular weight is 514 g/mol. The van der Waals surface area contributed by atoms with Crippen LogP contribution >= 0.6 is 0 Å². The summed E-state index contributed by atoms with van der Waals surface area (Å²) in [7, 11) is 1.99. The van der Waals surface area contributed by atoms with Crippen LogP contribution in [0.25, 0.3) is 16.9 Å². The highest BCUT2D eigenvalue weighted by atomic mass is 16.6. The molecule has 1 atom stereocenters. The minimum atomic E-state index is -0.593. The van der Waals surface area contributed by atoms with Crippen LogP contribution < -0.4 is 15.1 Å². The van der Waals surface area contributed by atoms with Crippen molar-refractivity contribution >= 4 is 29.2 Å². The normalized spacial score (nSPS) is 15.6. The molecule has 38 heavy (non-hydrogen) atoms. The Hall–Kier alpha value is -4.47. The standard InChI is InChI=1S/C28H31N7O3/c1-28(2,3)38-27(37)31-21-14-26(36)34(18-21)22-9-7-20(8-10-22)23-16-30-24-11-12-25(32-35(23)24)33(4)17-19-6-5-13-29-15-19/h5-13,15-16,21H,14,17-18H2,1-4H3,(H,31,37)/t21-/m0/s1. The zero-order valence-electron chi connectivity index (χ0n) is 22.0. The molecule has 10 nitrogen and oxygen atoms in total. The second kappa shape index (κ2) is 10.1. The highest BCUT2D eigenvalue weighted by Crippen LogP contribution is 2.27. The van der Waals surface area contributed by atoms with Gasteiger partial charge in [-0.05, 0) is 56.7 Å². The van der Waals surface area contributed by atoms with Crippen LogP contribution in [0.5, 0.6) is 0 Å². The lowest BCUT2D eigenvalue weighted by Gasteiger charge is -2.22. The van der Waals surface area contributed by atoms with Crippen LogP contribution in [0.2, 0.25) is 0 Å². The van der Waals surface area contributed by atoms with Gasteiger partial charge < -0.3 is 19.9 Å². The average Bonchev–Trinajstić information content (AvgIpc) is 3.46. The van der Waals surface area contributed by atoms with Gasteiger partial charge in [-0.2, -0.15) is 0 Å². The number of amides is 2.